The van der Waals surface area contributed by atoms with Crippen molar-refractivity contribution in [1.82, 2.24) is 5.32 Å². The number of carbonyl (C=O) groups excluding carboxylic acids is 1. The maximum Gasteiger partial charge on any atom is 0.244 e. The topological polar surface area (TPSA) is 29.1 Å². The van der Waals surface area contributed by atoms with Crippen LogP contribution >= 0.6 is 0 Å². The van der Waals surface area contributed by atoms with Crippen molar-refractivity contribution in [2.24, 2.45) is 5.92 Å². The molecule has 18 heavy (non-hydrogen) atoms. The molecule has 2 heteroatoms. The van der Waals surface area contributed by atoms with Crippen LogP contribution in [0.1, 0.15) is 38.8 Å². The van der Waals surface area contributed by atoms with Gasteiger partial charge in [0.05, 0.1) is 0 Å². The Morgan fingerprint density at radius 2 is 1.67 bits per heavy atom. The molecule has 1 rings (SSSR count). The average Bonchev–Trinajstić information content (AvgIpc) is 2.26. The summed E-state index contributed by atoms with van der Waals surface area (Å²) in [5.74, 6) is 0.305. The van der Waals surface area contributed by atoms with E-state index in [-0.39, 0.29) is 11.9 Å². The molecular weight excluding hydrogens is 222 g/mol. The quantitative estimate of drug-likeness (QED) is 0.807. The SMILES string of the molecule is Cc1ccc(/C(=C/C(=O)NC(C)C)C(C)C)cc1. The van der Waals surface area contributed by atoms with Gasteiger partial charge < -0.3 is 5.32 Å². The summed E-state index contributed by atoms with van der Waals surface area (Å²) in [5.41, 5.74) is 3.43. The Bertz CT molecular complexity index is 427. The van der Waals surface area contributed by atoms with Crippen molar-refractivity contribution in [2.45, 2.75) is 40.7 Å². The molecule has 98 valence electrons. The van der Waals surface area contributed by atoms with E-state index >= 15 is 0 Å². The third-order valence-electron chi connectivity index (χ3n) is 2.72. The highest BCUT2D eigenvalue weighted by Crippen LogP contribution is 2.23. The number of rotatable bonds is 4. The summed E-state index contributed by atoms with van der Waals surface area (Å²) in [7, 11) is 0. The highest BCUT2D eigenvalue weighted by molar-refractivity contribution is 5.95. The van der Waals surface area contributed by atoms with Crippen LogP contribution in [-0.4, -0.2) is 11.9 Å². The summed E-state index contributed by atoms with van der Waals surface area (Å²) >= 11 is 0. The van der Waals surface area contributed by atoms with Gasteiger partial charge in [0, 0.05) is 12.1 Å². The predicted octanol–water partition coefficient (Wildman–Crippen LogP) is 3.56. The zero-order chi connectivity index (χ0) is 13.7. The van der Waals surface area contributed by atoms with Crippen LogP contribution in [0.3, 0.4) is 0 Å². The lowest BCUT2D eigenvalue weighted by Gasteiger charge is -2.13. The van der Waals surface area contributed by atoms with E-state index in [1.165, 1.54) is 5.56 Å². The molecule has 0 saturated heterocycles. The molecule has 0 aliphatic rings. The third-order valence-corrected chi connectivity index (χ3v) is 2.72. The summed E-state index contributed by atoms with van der Waals surface area (Å²) in [6.07, 6.45) is 1.72. The van der Waals surface area contributed by atoms with E-state index < -0.39 is 0 Å². The zero-order valence-corrected chi connectivity index (χ0v) is 11.9. The summed E-state index contributed by atoms with van der Waals surface area (Å²) in [4.78, 5) is 11.8. The van der Waals surface area contributed by atoms with E-state index in [4.69, 9.17) is 0 Å². The van der Waals surface area contributed by atoms with Crippen molar-refractivity contribution >= 4 is 11.5 Å². The summed E-state index contributed by atoms with van der Waals surface area (Å²) in [5, 5.41) is 2.89. The number of hydrogen-bond acceptors (Lipinski definition) is 1. The molecule has 0 unspecified atom stereocenters. The number of carbonyl (C=O) groups is 1. The first-order chi connectivity index (χ1) is 8.40. The highest BCUT2D eigenvalue weighted by Gasteiger charge is 2.09. The molecule has 0 aromatic heterocycles. The lowest BCUT2D eigenvalue weighted by molar-refractivity contribution is -0.116. The number of nitrogens with one attached hydrogen (secondary N) is 1. The Labute approximate surface area is 110 Å². The first-order valence-corrected chi connectivity index (χ1v) is 6.49. The van der Waals surface area contributed by atoms with Crippen LogP contribution in [0.5, 0.6) is 0 Å². The first kappa shape index (κ1) is 14.5. The first-order valence-electron chi connectivity index (χ1n) is 6.49. The number of benzene rings is 1. The smallest absolute Gasteiger partial charge is 0.244 e. The van der Waals surface area contributed by atoms with Crippen molar-refractivity contribution in [3.63, 3.8) is 0 Å². The van der Waals surface area contributed by atoms with E-state index in [1.54, 1.807) is 6.08 Å². The highest BCUT2D eigenvalue weighted by atomic mass is 16.1. The Morgan fingerprint density at radius 3 is 2.11 bits per heavy atom. The van der Waals surface area contributed by atoms with Gasteiger partial charge in [0.25, 0.3) is 0 Å². The number of aryl methyl sites for hydroxylation is 1. The zero-order valence-electron chi connectivity index (χ0n) is 11.9. The fourth-order valence-corrected chi connectivity index (χ4v) is 1.80. The molecule has 1 aromatic carbocycles. The van der Waals surface area contributed by atoms with Gasteiger partial charge in [0.2, 0.25) is 5.91 Å². The normalized spacial score (nSPS) is 12.1. The maximum absolute atomic E-state index is 11.8. The van der Waals surface area contributed by atoms with Gasteiger partial charge >= 0.3 is 0 Å². The van der Waals surface area contributed by atoms with Crippen molar-refractivity contribution in [3.05, 3.63) is 41.5 Å². The van der Waals surface area contributed by atoms with Gasteiger partial charge in [0.1, 0.15) is 0 Å². The van der Waals surface area contributed by atoms with Crippen LogP contribution in [0.2, 0.25) is 0 Å². The molecule has 0 radical (unpaired) electrons. The third kappa shape index (κ3) is 4.36. The molecule has 0 saturated carbocycles. The molecule has 0 fully saturated rings. The van der Waals surface area contributed by atoms with Gasteiger partial charge in [-0.15, -0.1) is 0 Å². The van der Waals surface area contributed by atoms with Gasteiger partial charge in [-0.25, -0.2) is 0 Å². The van der Waals surface area contributed by atoms with Crippen LogP contribution in [0.4, 0.5) is 0 Å². The summed E-state index contributed by atoms with van der Waals surface area (Å²) < 4.78 is 0. The fourth-order valence-electron chi connectivity index (χ4n) is 1.80. The molecule has 0 spiro atoms. The molecule has 0 atom stereocenters. The van der Waals surface area contributed by atoms with Gasteiger partial charge in [0.15, 0.2) is 0 Å². The maximum atomic E-state index is 11.8. The van der Waals surface area contributed by atoms with Crippen LogP contribution < -0.4 is 5.32 Å². The Hall–Kier alpha value is -1.57. The number of allylic oxidation sites excluding steroid dienone is 1. The Balaban J connectivity index is 2.99. The number of hydrogen-bond donors (Lipinski definition) is 1. The van der Waals surface area contributed by atoms with Crippen LogP contribution in [0.25, 0.3) is 5.57 Å². The van der Waals surface area contributed by atoms with E-state index in [0.29, 0.717) is 5.92 Å². The second-order valence-corrected chi connectivity index (χ2v) is 5.28. The molecule has 1 N–H and O–H groups in total. The van der Waals surface area contributed by atoms with Crippen LogP contribution in [0.15, 0.2) is 30.3 Å². The Morgan fingerprint density at radius 1 is 1.11 bits per heavy atom. The molecule has 1 amide bonds. The van der Waals surface area contributed by atoms with Crippen LogP contribution in [-0.2, 0) is 4.79 Å². The van der Waals surface area contributed by atoms with E-state index in [2.05, 4.69) is 50.4 Å². The second-order valence-electron chi connectivity index (χ2n) is 5.28. The molecule has 0 heterocycles. The molecule has 1 aromatic rings. The second kappa shape index (κ2) is 6.39. The minimum Gasteiger partial charge on any atom is -0.350 e. The molecule has 0 bridgehead atoms. The standard InChI is InChI=1S/C16H23NO/c1-11(2)15(10-16(18)17-12(3)4)14-8-6-13(5)7-9-14/h6-12H,1-5H3,(H,17,18)/b15-10+. The Kier molecular flexibility index (Phi) is 5.14. The monoisotopic (exact) mass is 245 g/mol. The minimum absolute atomic E-state index is 0.0192. The van der Waals surface area contributed by atoms with Crippen molar-refractivity contribution < 1.29 is 4.79 Å². The molecule has 2 nitrogen and oxygen atoms in total. The predicted molar refractivity (Wildman–Crippen MR) is 77.3 cm³/mol. The van der Waals surface area contributed by atoms with Crippen LogP contribution in [0, 0.1) is 12.8 Å². The lowest BCUT2D eigenvalue weighted by atomic mass is 9.94. The van der Waals surface area contributed by atoms with Crippen molar-refractivity contribution in [2.75, 3.05) is 0 Å². The molecular formula is C16H23NO. The van der Waals surface area contributed by atoms with Gasteiger partial charge in [-0.2, -0.15) is 0 Å². The largest absolute Gasteiger partial charge is 0.350 e. The van der Waals surface area contributed by atoms with E-state index in [9.17, 15) is 4.79 Å². The van der Waals surface area contributed by atoms with E-state index in [1.807, 2.05) is 13.8 Å². The average molecular weight is 245 g/mol. The van der Waals surface area contributed by atoms with Gasteiger partial charge in [-0.05, 0) is 37.8 Å². The fraction of sp³-hybridized carbons (Fsp3) is 0.438. The van der Waals surface area contributed by atoms with Gasteiger partial charge in [-0.3, -0.25) is 4.79 Å². The lowest BCUT2D eigenvalue weighted by Crippen LogP contribution is -2.28. The van der Waals surface area contributed by atoms with Crippen molar-refractivity contribution in [1.29, 1.82) is 0 Å². The van der Waals surface area contributed by atoms with Crippen molar-refractivity contribution in [3.8, 4) is 0 Å². The molecule has 0 aliphatic carbocycles. The summed E-state index contributed by atoms with van der Waals surface area (Å²) in [6, 6.07) is 8.46. The van der Waals surface area contributed by atoms with E-state index in [0.717, 1.165) is 11.1 Å². The summed E-state index contributed by atoms with van der Waals surface area (Å²) in [6.45, 7) is 10.2. The number of amides is 1. The molecule has 0 aliphatic heterocycles. The minimum atomic E-state index is -0.0192. The van der Waals surface area contributed by atoms with Gasteiger partial charge in [-0.1, -0.05) is 43.7 Å².